The van der Waals surface area contributed by atoms with Crippen molar-refractivity contribution in [3.8, 4) is 11.3 Å². The molecular weight excluding hydrogens is 326 g/mol. The molecule has 0 unspecified atom stereocenters. The Labute approximate surface area is 151 Å². The average molecular weight is 345 g/mol. The average Bonchev–Trinajstić information content (AvgIpc) is 3.18. The maximum Gasteiger partial charge on any atom is 0.157 e. The first-order valence-electron chi connectivity index (χ1n) is 8.42. The number of methoxy groups -OCH3 is 1. The zero-order chi connectivity index (χ0) is 17.8. The summed E-state index contributed by atoms with van der Waals surface area (Å²) in [6.45, 7) is 0.489. The number of hydrogen-bond donors (Lipinski definition) is 1. The van der Waals surface area contributed by atoms with E-state index < -0.39 is 0 Å². The Morgan fingerprint density at radius 1 is 1.04 bits per heavy atom. The highest BCUT2D eigenvalue weighted by Gasteiger charge is 2.16. The summed E-state index contributed by atoms with van der Waals surface area (Å²) in [5.74, 6) is 0.839. The van der Waals surface area contributed by atoms with Crippen LogP contribution in [0.25, 0.3) is 16.9 Å². The molecule has 0 aliphatic carbocycles. The highest BCUT2D eigenvalue weighted by Crippen LogP contribution is 2.24. The third kappa shape index (κ3) is 3.27. The van der Waals surface area contributed by atoms with E-state index in [1.165, 1.54) is 0 Å². The molecule has 1 atom stereocenters. The summed E-state index contributed by atoms with van der Waals surface area (Å²) < 4.78 is 7.18. The maximum atomic E-state index is 5.39. The van der Waals surface area contributed by atoms with Crippen molar-refractivity contribution in [2.75, 3.05) is 19.0 Å². The van der Waals surface area contributed by atoms with E-state index in [1.54, 1.807) is 24.0 Å². The SMILES string of the molecule is COC[C@H](Nc1cc(-c2ccccc2)nc2ccnn12)c1ccccn1. The van der Waals surface area contributed by atoms with Crippen LogP contribution < -0.4 is 5.32 Å². The molecule has 6 heteroatoms. The fraction of sp³-hybridized carbons (Fsp3) is 0.150. The van der Waals surface area contributed by atoms with E-state index >= 15 is 0 Å². The van der Waals surface area contributed by atoms with Gasteiger partial charge in [0.1, 0.15) is 5.82 Å². The quantitative estimate of drug-likeness (QED) is 0.578. The number of fused-ring (bicyclic) bond motifs is 1. The summed E-state index contributed by atoms with van der Waals surface area (Å²) in [5.41, 5.74) is 3.64. The van der Waals surface area contributed by atoms with Crippen LogP contribution >= 0.6 is 0 Å². The van der Waals surface area contributed by atoms with Crippen molar-refractivity contribution in [1.82, 2.24) is 19.6 Å². The van der Waals surface area contributed by atoms with E-state index in [0.717, 1.165) is 28.4 Å². The van der Waals surface area contributed by atoms with E-state index in [9.17, 15) is 0 Å². The van der Waals surface area contributed by atoms with Crippen LogP contribution in [-0.2, 0) is 4.74 Å². The van der Waals surface area contributed by atoms with Gasteiger partial charge in [-0.25, -0.2) is 4.98 Å². The molecule has 0 saturated heterocycles. The van der Waals surface area contributed by atoms with Gasteiger partial charge in [-0.05, 0) is 12.1 Å². The van der Waals surface area contributed by atoms with E-state index in [1.807, 2.05) is 60.7 Å². The number of hydrogen-bond acceptors (Lipinski definition) is 5. The minimum absolute atomic E-state index is 0.0976. The lowest BCUT2D eigenvalue weighted by Gasteiger charge is -2.19. The summed E-state index contributed by atoms with van der Waals surface area (Å²) in [4.78, 5) is 9.16. The summed E-state index contributed by atoms with van der Waals surface area (Å²) in [6.07, 6.45) is 3.53. The van der Waals surface area contributed by atoms with Crippen molar-refractivity contribution >= 4 is 11.5 Å². The van der Waals surface area contributed by atoms with Crippen LogP contribution in [0.5, 0.6) is 0 Å². The number of ether oxygens (including phenoxy) is 1. The van der Waals surface area contributed by atoms with E-state index in [-0.39, 0.29) is 6.04 Å². The first kappa shape index (κ1) is 16.2. The van der Waals surface area contributed by atoms with Gasteiger partial charge < -0.3 is 10.1 Å². The Bertz CT molecular complexity index is 985. The predicted molar refractivity (Wildman–Crippen MR) is 101 cm³/mol. The summed E-state index contributed by atoms with van der Waals surface area (Å²) in [7, 11) is 1.68. The molecule has 0 aliphatic heterocycles. The molecule has 0 aliphatic rings. The number of nitrogens with zero attached hydrogens (tertiary/aromatic N) is 4. The molecular formula is C20H19N5O. The molecule has 0 spiro atoms. The van der Waals surface area contributed by atoms with Crippen LogP contribution in [0.4, 0.5) is 5.82 Å². The van der Waals surface area contributed by atoms with Gasteiger partial charge in [0.05, 0.1) is 30.2 Å². The van der Waals surface area contributed by atoms with Crippen molar-refractivity contribution in [3.05, 3.63) is 78.8 Å². The van der Waals surface area contributed by atoms with Crippen molar-refractivity contribution in [3.63, 3.8) is 0 Å². The second kappa shape index (κ2) is 7.33. The number of pyridine rings is 1. The zero-order valence-electron chi connectivity index (χ0n) is 14.4. The van der Waals surface area contributed by atoms with Crippen LogP contribution in [0.2, 0.25) is 0 Å². The Hall–Kier alpha value is -3.25. The molecule has 4 aromatic rings. The summed E-state index contributed by atoms with van der Waals surface area (Å²) >= 11 is 0. The topological polar surface area (TPSA) is 64.3 Å². The fourth-order valence-corrected chi connectivity index (χ4v) is 2.90. The predicted octanol–water partition coefficient (Wildman–Crippen LogP) is 3.59. The van der Waals surface area contributed by atoms with Gasteiger partial charge >= 0.3 is 0 Å². The lowest BCUT2D eigenvalue weighted by atomic mass is 10.1. The Morgan fingerprint density at radius 2 is 1.88 bits per heavy atom. The molecule has 0 amide bonds. The number of anilines is 1. The Kier molecular flexibility index (Phi) is 4.57. The third-order valence-corrected chi connectivity index (χ3v) is 4.13. The summed E-state index contributed by atoms with van der Waals surface area (Å²) in [6, 6.07) is 19.8. The second-order valence-electron chi connectivity index (χ2n) is 5.90. The van der Waals surface area contributed by atoms with Gasteiger partial charge in [0.15, 0.2) is 5.65 Å². The van der Waals surface area contributed by atoms with Gasteiger partial charge in [-0.2, -0.15) is 9.61 Å². The number of aromatic nitrogens is 4. The zero-order valence-corrected chi connectivity index (χ0v) is 14.4. The number of nitrogens with one attached hydrogen (secondary N) is 1. The first-order chi connectivity index (χ1) is 12.8. The lowest BCUT2D eigenvalue weighted by molar-refractivity contribution is 0.185. The largest absolute Gasteiger partial charge is 0.382 e. The fourth-order valence-electron chi connectivity index (χ4n) is 2.90. The maximum absolute atomic E-state index is 5.39. The van der Waals surface area contributed by atoms with Crippen molar-refractivity contribution in [2.45, 2.75) is 6.04 Å². The van der Waals surface area contributed by atoms with Crippen LogP contribution in [0.15, 0.2) is 73.1 Å². The van der Waals surface area contributed by atoms with Crippen molar-refractivity contribution in [1.29, 1.82) is 0 Å². The molecule has 3 heterocycles. The minimum Gasteiger partial charge on any atom is -0.382 e. The minimum atomic E-state index is -0.0976. The van der Waals surface area contributed by atoms with Gasteiger partial charge in [-0.3, -0.25) is 4.98 Å². The molecule has 26 heavy (non-hydrogen) atoms. The molecule has 0 saturated carbocycles. The van der Waals surface area contributed by atoms with Gasteiger partial charge in [-0.1, -0.05) is 36.4 Å². The molecule has 4 rings (SSSR count). The lowest BCUT2D eigenvalue weighted by Crippen LogP contribution is -2.19. The van der Waals surface area contributed by atoms with Gasteiger partial charge in [-0.15, -0.1) is 0 Å². The van der Waals surface area contributed by atoms with Gasteiger partial charge in [0, 0.05) is 31.0 Å². The smallest absolute Gasteiger partial charge is 0.157 e. The van der Waals surface area contributed by atoms with Crippen molar-refractivity contribution < 1.29 is 4.74 Å². The molecule has 3 aromatic heterocycles. The number of benzene rings is 1. The van der Waals surface area contributed by atoms with E-state index in [2.05, 4.69) is 15.4 Å². The normalized spacial score (nSPS) is 12.2. The van der Waals surface area contributed by atoms with Crippen LogP contribution in [0.3, 0.4) is 0 Å². The Morgan fingerprint density at radius 3 is 2.65 bits per heavy atom. The highest BCUT2D eigenvalue weighted by molar-refractivity contribution is 5.66. The van der Waals surface area contributed by atoms with Crippen LogP contribution in [0.1, 0.15) is 11.7 Å². The second-order valence-corrected chi connectivity index (χ2v) is 5.90. The number of rotatable bonds is 6. The van der Waals surface area contributed by atoms with E-state index in [4.69, 9.17) is 9.72 Å². The molecule has 0 radical (unpaired) electrons. The first-order valence-corrected chi connectivity index (χ1v) is 8.42. The third-order valence-electron chi connectivity index (χ3n) is 4.13. The molecule has 0 fully saturated rings. The summed E-state index contributed by atoms with van der Waals surface area (Å²) in [5, 5.41) is 7.90. The van der Waals surface area contributed by atoms with Crippen molar-refractivity contribution in [2.24, 2.45) is 0 Å². The molecule has 1 aromatic carbocycles. The van der Waals surface area contributed by atoms with Gasteiger partial charge in [0.2, 0.25) is 0 Å². The van der Waals surface area contributed by atoms with E-state index in [0.29, 0.717) is 6.61 Å². The van der Waals surface area contributed by atoms with Crippen LogP contribution in [-0.4, -0.2) is 33.3 Å². The van der Waals surface area contributed by atoms with Gasteiger partial charge in [0.25, 0.3) is 0 Å². The monoisotopic (exact) mass is 345 g/mol. The van der Waals surface area contributed by atoms with Crippen LogP contribution in [0, 0.1) is 0 Å². The molecule has 0 bridgehead atoms. The molecule has 130 valence electrons. The Balaban J connectivity index is 1.76. The standard InChI is InChI=1S/C20H19N5O/c1-26-14-18(16-9-5-6-11-21-16)24-20-13-17(15-7-3-2-4-8-15)23-19-10-12-22-25(19)20/h2-13,18,24H,14H2,1H3/t18-/m0/s1. The molecule has 1 N–H and O–H groups in total. The molecule has 6 nitrogen and oxygen atoms in total. The highest BCUT2D eigenvalue weighted by atomic mass is 16.5.